The molecule has 1 unspecified atom stereocenters. The van der Waals surface area contributed by atoms with Crippen LogP contribution in [0.15, 0.2) is 12.5 Å². The zero-order valence-electron chi connectivity index (χ0n) is 15.8. The van der Waals surface area contributed by atoms with Gasteiger partial charge in [-0.1, -0.05) is 0 Å². The lowest BCUT2D eigenvalue weighted by atomic mass is 10.1. The summed E-state index contributed by atoms with van der Waals surface area (Å²) in [6.07, 6.45) is 3.62. The van der Waals surface area contributed by atoms with E-state index in [-0.39, 0.29) is 19.4 Å². The van der Waals surface area contributed by atoms with Crippen molar-refractivity contribution >= 4 is 29.7 Å². The second-order valence-electron chi connectivity index (χ2n) is 7.03. The summed E-state index contributed by atoms with van der Waals surface area (Å²) in [6, 6.07) is -3.84. The molecule has 2 saturated heterocycles. The molecule has 12 nitrogen and oxygen atoms in total. The highest BCUT2D eigenvalue weighted by Crippen LogP contribution is 2.19. The fourth-order valence-electron chi connectivity index (χ4n) is 3.46. The summed E-state index contributed by atoms with van der Waals surface area (Å²) < 4.78 is 0. The maximum absolute atomic E-state index is 13.0. The second-order valence-corrected chi connectivity index (χ2v) is 7.03. The van der Waals surface area contributed by atoms with Crippen LogP contribution in [0.4, 0.5) is 4.79 Å². The van der Waals surface area contributed by atoms with E-state index in [1.165, 1.54) is 24.5 Å². The number of carbonyl (C=O) groups excluding carboxylic acids is 4. The molecule has 4 N–H and O–H groups in total. The zero-order valence-corrected chi connectivity index (χ0v) is 15.8. The predicted molar refractivity (Wildman–Crippen MR) is 96.3 cm³/mol. The Morgan fingerprint density at radius 3 is 2.76 bits per heavy atom. The van der Waals surface area contributed by atoms with Gasteiger partial charge in [0.25, 0.3) is 0 Å². The van der Waals surface area contributed by atoms with E-state index in [1.807, 2.05) is 0 Å². The number of aliphatic carboxylic acids is 1. The van der Waals surface area contributed by atoms with Gasteiger partial charge in [0, 0.05) is 31.9 Å². The van der Waals surface area contributed by atoms with Gasteiger partial charge in [-0.3, -0.25) is 19.3 Å². The molecule has 0 aliphatic carbocycles. The van der Waals surface area contributed by atoms with Crippen molar-refractivity contribution in [3.8, 4) is 0 Å². The van der Waals surface area contributed by atoms with Crippen molar-refractivity contribution in [1.29, 1.82) is 0 Å². The van der Waals surface area contributed by atoms with E-state index >= 15 is 0 Å². The number of imide groups is 1. The maximum Gasteiger partial charge on any atom is 0.326 e. The molecular weight excluding hydrogens is 384 g/mol. The molecule has 2 fully saturated rings. The molecule has 12 heteroatoms. The Hall–Kier alpha value is -3.44. The van der Waals surface area contributed by atoms with Gasteiger partial charge in [-0.15, -0.1) is 0 Å². The summed E-state index contributed by atoms with van der Waals surface area (Å²) >= 11 is 0. The number of urea groups is 1. The molecule has 0 aromatic carbocycles. The van der Waals surface area contributed by atoms with Crippen LogP contribution >= 0.6 is 0 Å². The van der Waals surface area contributed by atoms with Crippen molar-refractivity contribution in [2.24, 2.45) is 0 Å². The molecule has 3 atom stereocenters. The fourth-order valence-corrected chi connectivity index (χ4v) is 3.46. The number of H-pyrrole nitrogens is 1. The number of rotatable bonds is 6. The van der Waals surface area contributed by atoms with E-state index in [2.05, 4.69) is 20.6 Å². The first-order chi connectivity index (χ1) is 13.8. The largest absolute Gasteiger partial charge is 0.480 e. The normalized spacial score (nSPS) is 22.9. The van der Waals surface area contributed by atoms with Gasteiger partial charge in [0.2, 0.25) is 17.7 Å². The van der Waals surface area contributed by atoms with Crippen LogP contribution in [-0.2, 0) is 25.6 Å². The van der Waals surface area contributed by atoms with Gasteiger partial charge >= 0.3 is 12.0 Å². The number of carbonyl (C=O) groups is 5. The standard InChI is InChI=1S/C17H22N6O6/c1-22-13(24)6-10(21-17(22)29)14(25)20-11(5-9-7-18-8-19-9)15(26)23-4-2-3-12(23)16(27)28/h7-8,10-12H,2-6H2,1H3,(H,18,19)(H,20,25)(H,21,29)(H,27,28)/t10?,11-,12-/m0/s1. The van der Waals surface area contributed by atoms with Gasteiger partial charge in [0.05, 0.1) is 12.7 Å². The Kier molecular flexibility index (Phi) is 5.80. The molecule has 2 aliphatic rings. The SMILES string of the molecule is CN1C(=O)CC(C(=O)N[C@@H](Cc2cnc[nH]2)C(=O)N2CCC[C@H]2C(=O)O)NC1=O. The summed E-state index contributed by atoms with van der Waals surface area (Å²) in [5.74, 6) is -2.85. The first-order valence-corrected chi connectivity index (χ1v) is 9.16. The van der Waals surface area contributed by atoms with Crippen molar-refractivity contribution in [3.63, 3.8) is 0 Å². The number of nitrogens with one attached hydrogen (secondary N) is 3. The van der Waals surface area contributed by atoms with Gasteiger partial charge in [0.1, 0.15) is 18.1 Å². The van der Waals surface area contributed by atoms with Crippen LogP contribution in [0.25, 0.3) is 0 Å². The predicted octanol–water partition coefficient (Wildman–Crippen LogP) is -1.55. The quantitative estimate of drug-likeness (QED) is 0.444. The number of carboxylic acids is 1. The third-order valence-electron chi connectivity index (χ3n) is 5.09. The molecule has 1 aromatic rings. The van der Waals surface area contributed by atoms with Crippen LogP contribution in [0.1, 0.15) is 25.0 Å². The number of carboxylic acid groups (broad SMARTS) is 1. The first kappa shape index (κ1) is 20.3. The van der Waals surface area contributed by atoms with Crippen molar-refractivity contribution in [1.82, 2.24) is 30.4 Å². The number of aromatic nitrogens is 2. The molecule has 0 radical (unpaired) electrons. The number of likely N-dealkylation sites (tertiary alicyclic amines) is 1. The summed E-state index contributed by atoms with van der Waals surface area (Å²) in [4.78, 5) is 69.6. The highest BCUT2D eigenvalue weighted by molar-refractivity contribution is 6.03. The molecule has 0 spiro atoms. The van der Waals surface area contributed by atoms with Crippen molar-refractivity contribution in [2.75, 3.05) is 13.6 Å². The van der Waals surface area contributed by atoms with E-state index in [4.69, 9.17) is 0 Å². The minimum absolute atomic E-state index is 0.0575. The summed E-state index contributed by atoms with van der Waals surface area (Å²) in [5, 5.41) is 14.3. The minimum Gasteiger partial charge on any atom is -0.480 e. The van der Waals surface area contributed by atoms with Gasteiger partial charge in [-0.25, -0.2) is 14.6 Å². The monoisotopic (exact) mass is 406 g/mol. The molecule has 5 amide bonds. The van der Waals surface area contributed by atoms with Crippen molar-refractivity contribution < 1.29 is 29.1 Å². The Bertz CT molecular complexity index is 806. The van der Waals surface area contributed by atoms with Crippen LogP contribution in [0.5, 0.6) is 0 Å². The lowest BCUT2D eigenvalue weighted by Crippen LogP contribution is -2.61. The maximum atomic E-state index is 13.0. The third kappa shape index (κ3) is 4.36. The van der Waals surface area contributed by atoms with E-state index in [9.17, 15) is 29.1 Å². The number of hydrogen-bond donors (Lipinski definition) is 4. The first-order valence-electron chi connectivity index (χ1n) is 9.16. The van der Waals surface area contributed by atoms with E-state index in [0.717, 1.165) is 4.90 Å². The minimum atomic E-state index is -1.11. The molecule has 0 bridgehead atoms. The highest BCUT2D eigenvalue weighted by Gasteiger charge is 2.40. The average molecular weight is 406 g/mol. The number of aromatic amines is 1. The van der Waals surface area contributed by atoms with Crippen LogP contribution in [-0.4, -0.2) is 86.3 Å². The van der Waals surface area contributed by atoms with Crippen LogP contribution in [0.3, 0.4) is 0 Å². The molecule has 3 heterocycles. The Morgan fingerprint density at radius 2 is 2.14 bits per heavy atom. The Balaban J connectivity index is 1.76. The molecule has 3 rings (SSSR count). The Labute approximate surface area is 165 Å². The van der Waals surface area contributed by atoms with Gasteiger partial charge in [-0.05, 0) is 12.8 Å². The summed E-state index contributed by atoms with van der Waals surface area (Å²) in [5.41, 5.74) is 0.568. The van der Waals surface area contributed by atoms with E-state index in [0.29, 0.717) is 18.5 Å². The van der Waals surface area contributed by atoms with Gasteiger partial charge in [-0.2, -0.15) is 0 Å². The van der Waals surface area contributed by atoms with E-state index in [1.54, 1.807) is 0 Å². The molecular formula is C17H22N6O6. The van der Waals surface area contributed by atoms with Crippen LogP contribution < -0.4 is 10.6 Å². The highest BCUT2D eigenvalue weighted by atomic mass is 16.4. The summed E-state index contributed by atoms with van der Waals surface area (Å²) in [7, 11) is 1.30. The van der Waals surface area contributed by atoms with Gasteiger partial charge in [0.15, 0.2) is 0 Å². The zero-order chi connectivity index (χ0) is 21.1. The third-order valence-corrected chi connectivity index (χ3v) is 5.09. The number of imidazole rings is 1. The molecule has 0 saturated carbocycles. The smallest absolute Gasteiger partial charge is 0.326 e. The van der Waals surface area contributed by atoms with Gasteiger partial charge < -0.3 is 25.6 Å². The number of hydrogen-bond acceptors (Lipinski definition) is 6. The molecule has 156 valence electrons. The van der Waals surface area contributed by atoms with Crippen LogP contribution in [0, 0.1) is 0 Å². The molecule has 1 aromatic heterocycles. The topological polar surface area (TPSA) is 165 Å². The number of amides is 5. The lowest BCUT2D eigenvalue weighted by molar-refractivity contribution is -0.149. The second kappa shape index (κ2) is 8.29. The van der Waals surface area contributed by atoms with Crippen molar-refractivity contribution in [3.05, 3.63) is 18.2 Å². The fraction of sp³-hybridized carbons (Fsp3) is 0.529. The van der Waals surface area contributed by atoms with Crippen molar-refractivity contribution in [2.45, 2.75) is 43.8 Å². The summed E-state index contributed by atoms with van der Waals surface area (Å²) in [6.45, 7) is 0.272. The molecule has 2 aliphatic heterocycles. The molecule has 29 heavy (non-hydrogen) atoms. The Morgan fingerprint density at radius 1 is 1.38 bits per heavy atom. The average Bonchev–Trinajstić information content (AvgIpc) is 3.36. The van der Waals surface area contributed by atoms with Crippen LogP contribution in [0.2, 0.25) is 0 Å². The van der Waals surface area contributed by atoms with E-state index < -0.39 is 47.8 Å². The number of nitrogens with zero attached hydrogens (tertiary/aromatic N) is 3. The lowest BCUT2D eigenvalue weighted by Gasteiger charge is -2.31.